The van der Waals surface area contributed by atoms with E-state index in [0.717, 1.165) is 74.3 Å². The number of hydrogen-bond acceptors (Lipinski definition) is 9. The molecule has 0 aliphatic rings. The van der Waals surface area contributed by atoms with Crippen molar-refractivity contribution in [2.45, 2.75) is 64.9 Å². The molecule has 0 spiro atoms. The minimum absolute atomic E-state index is 0.381. The molecule has 9 nitrogen and oxygen atoms in total. The van der Waals surface area contributed by atoms with E-state index < -0.39 is 11.9 Å². The molecule has 0 atom stereocenters. The highest BCUT2D eigenvalue weighted by Crippen LogP contribution is 2.26. The SMILES string of the molecule is C=CC(=O)OCCCCCCOc1ccc(COc2ccc(OC(=O)c3ccc(OCCCCCCOC(=O)C=C)cc3)cc2C)cc1. The van der Waals surface area contributed by atoms with Gasteiger partial charge in [-0.25, -0.2) is 14.4 Å². The van der Waals surface area contributed by atoms with Gasteiger partial charge in [-0.2, -0.15) is 0 Å². The molecule has 3 aromatic rings. The molecule has 0 aromatic heterocycles. The summed E-state index contributed by atoms with van der Waals surface area (Å²) in [6.07, 6.45) is 9.65. The number of rotatable bonds is 23. The predicted octanol–water partition coefficient (Wildman–Crippen LogP) is 8.13. The van der Waals surface area contributed by atoms with Crippen molar-refractivity contribution in [2.24, 2.45) is 0 Å². The van der Waals surface area contributed by atoms with Gasteiger partial charge >= 0.3 is 17.9 Å². The number of benzene rings is 3. The third-order valence-corrected chi connectivity index (χ3v) is 7.20. The third kappa shape index (κ3) is 14.6. The number of esters is 3. The summed E-state index contributed by atoms with van der Waals surface area (Å²) in [6, 6.07) is 20.0. The maximum absolute atomic E-state index is 12.7. The first-order valence-corrected chi connectivity index (χ1v) is 16.4. The Morgan fingerprint density at radius 3 is 1.56 bits per heavy atom. The van der Waals surface area contributed by atoms with Gasteiger partial charge in [-0.05, 0) is 124 Å². The van der Waals surface area contributed by atoms with E-state index in [4.69, 9.17) is 28.4 Å². The first-order chi connectivity index (χ1) is 23.4. The van der Waals surface area contributed by atoms with E-state index in [1.54, 1.807) is 42.5 Å². The van der Waals surface area contributed by atoms with Gasteiger partial charge in [0.05, 0.1) is 32.0 Å². The van der Waals surface area contributed by atoms with Crippen LogP contribution in [0.15, 0.2) is 92.0 Å². The van der Waals surface area contributed by atoms with Gasteiger partial charge in [-0.15, -0.1) is 0 Å². The van der Waals surface area contributed by atoms with Crippen LogP contribution in [0.25, 0.3) is 0 Å². The molecule has 9 heteroatoms. The van der Waals surface area contributed by atoms with E-state index >= 15 is 0 Å². The quantitative estimate of drug-likeness (QED) is 0.0432. The predicted molar refractivity (Wildman–Crippen MR) is 184 cm³/mol. The molecule has 0 saturated carbocycles. The van der Waals surface area contributed by atoms with Gasteiger partial charge < -0.3 is 28.4 Å². The number of ether oxygens (including phenoxy) is 6. The zero-order valence-corrected chi connectivity index (χ0v) is 27.8. The second kappa shape index (κ2) is 21.7. The second-order valence-corrected chi connectivity index (χ2v) is 11.0. The molecule has 48 heavy (non-hydrogen) atoms. The van der Waals surface area contributed by atoms with Crippen LogP contribution in [0.5, 0.6) is 23.0 Å². The van der Waals surface area contributed by atoms with Crippen LogP contribution in [0, 0.1) is 6.92 Å². The Hall–Kier alpha value is -5.05. The van der Waals surface area contributed by atoms with Gasteiger partial charge in [0.1, 0.15) is 29.6 Å². The molecule has 0 aliphatic carbocycles. The molecule has 0 radical (unpaired) electrons. The topological polar surface area (TPSA) is 107 Å². The van der Waals surface area contributed by atoms with Crippen LogP contribution in [-0.2, 0) is 25.7 Å². The Labute approximate surface area is 283 Å². The van der Waals surface area contributed by atoms with Crippen LogP contribution < -0.4 is 18.9 Å². The number of carbonyl (C=O) groups excluding carboxylic acids is 3. The second-order valence-electron chi connectivity index (χ2n) is 11.0. The van der Waals surface area contributed by atoms with E-state index in [9.17, 15) is 14.4 Å². The molecule has 0 heterocycles. The van der Waals surface area contributed by atoms with Crippen LogP contribution in [0.2, 0.25) is 0 Å². The highest BCUT2D eigenvalue weighted by atomic mass is 16.5. The smallest absolute Gasteiger partial charge is 0.343 e. The Morgan fingerprint density at radius 1 is 0.583 bits per heavy atom. The molecule has 0 N–H and O–H groups in total. The Balaban J connectivity index is 1.31. The summed E-state index contributed by atoms with van der Waals surface area (Å²) in [7, 11) is 0. The third-order valence-electron chi connectivity index (χ3n) is 7.20. The molecule has 0 aliphatic heterocycles. The fraction of sp³-hybridized carbons (Fsp3) is 0.359. The molecule has 3 rings (SSSR count). The van der Waals surface area contributed by atoms with Crippen LogP contribution in [0.3, 0.4) is 0 Å². The molecule has 3 aromatic carbocycles. The Kier molecular flexibility index (Phi) is 16.9. The average molecular weight is 659 g/mol. The minimum Gasteiger partial charge on any atom is -0.494 e. The van der Waals surface area contributed by atoms with Crippen LogP contribution >= 0.6 is 0 Å². The normalized spacial score (nSPS) is 10.4. The molecular formula is C39H46O9. The molecular weight excluding hydrogens is 612 g/mol. The van der Waals surface area contributed by atoms with Crippen LogP contribution in [0.4, 0.5) is 0 Å². The van der Waals surface area contributed by atoms with Crippen molar-refractivity contribution in [3.63, 3.8) is 0 Å². The van der Waals surface area contributed by atoms with E-state index in [1.807, 2.05) is 31.2 Å². The minimum atomic E-state index is -0.458. The fourth-order valence-electron chi connectivity index (χ4n) is 4.50. The van der Waals surface area contributed by atoms with Gasteiger partial charge in [0.2, 0.25) is 0 Å². The van der Waals surface area contributed by atoms with Gasteiger partial charge in [0.25, 0.3) is 0 Å². The maximum Gasteiger partial charge on any atom is 0.343 e. The van der Waals surface area contributed by atoms with E-state index in [2.05, 4.69) is 13.2 Å². The summed E-state index contributed by atoms with van der Waals surface area (Å²) in [6.45, 7) is 11.0. The van der Waals surface area contributed by atoms with E-state index in [-0.39, 0.29) is 5.97 Å². The van der Waals surface area contributed by atoms with Crippen molar-refractivity contribution in [3.05, 3.63) is 109 Å². The van der Waals surface area contributed by atoms with Crippen LogP contribution in [-0.4, -0.2) is 44.3 Å². The fourth-order valence-corrected chi connectivity index (χ4v) is 4.50. The first-order valence-electron chi connectivity index (χ1n) is 16.4. The van der Waals surface area contributed by atoms with Crippen molar-refractivity contribution < 1.29 is 42.8 Å². The zero-order valence-electron chi connectivity index (χ0n) is 27.8. The highest BCUT2D eigenvalue weighted by molar-refractivity contribution is 5.91. The number of hydrogen-bond donors (Lipinski definition) is 0. The summed E-state index contributed by atoms with van der Waals surface area (Å²) < 4.78 is 33.1. The Morgan fingerprint density at radius 2 is 1.06 bits per heavy atom. The van der Waals surface area contributed by atoms with Gasteiger partial charge in [0.15, 0.2) is 0 Å². The number of aryl methyl sites for hydroxylation is 1. The molecule has 0 saturated heterocycles. The zero-order chi connectivity index (χ0) is 34.4. The summed E-state index contributed by atoms with van der Waals surface area (Å²) in [4.78, 5) is 34.7. The molecule has 0 fully saturated rings. The van der Waals surface area contributed by atoms with Crippen molar-refractivity contribution in [2.75, 3.05) is 26.4 Å². The summed E-state index contributed by atoms with van der Waals surface area (Å²) in [5.41, 5.74) is 2.27. The van der Waals surface area contributed by atoms with Gasteiger partial charge in [-0.1, -0.05) is 25.3 Å². The lowest BCUT2D eigenvalue weighted by Gasteiger charge is -2.12. The van der Waals surface area contributed by atoms with Crippen molar-refractivity contribution in [1.29, 1.82) is 0 Å². The van der Waals surface area contributed by atoms with E-state index in [1.165, 1.54) is 6.08 Å². The van der Waals surface area contributed by atoms with Crippen LogP contribution in [0.1, 0.15) is 72.9 Å². The Bertz CT molecular complexity index is 1450. The lowest BCUT2D eigenvalue weighted by Crippen LogP contribution is -2.09. The molecule has 0 unspecified atom stereocenters. The lowest BCUT2D eigenvalue weighted by atomic mass is 10.2. The van der Waals surface area contributed by atoms with Crippen molar-refractivity contribution in [3.8, 4) is 23.0 Å². The van der Waals surface area contributed by atoms with Gasteiger partial charge in [-0.3, -0.25) is 0 Å². The molecule has 256 valence electrons. The summed E-state index contributed by atoms with van der Waals surface area (Å²) >= 11 is 0. The van der Waals surface area contributed by atoms with Crippen molar-refractivity contribution in [1.82, 2.24) is 0 Å². The maximum atomic E-state index is 12.7. The lowest BCUT2D eigenvalue weighted by molar-refractivity contribution is -0.138. The van der Waals surface area contributed by atoms with E-state index in [0.29, 0.717) is 55.8 Å². The summed E-state index contributed by atoms with van der Waals surface area (Å²) in [5, 5.41) is 0. The van der Waals surface area contributed by atoms with Crippen molar-refractivity contribution >= 4 is 17.9 Å². The summed E-state index contributed by atoms with van der Waals surface area (Å²) in [5.74, 6) is 1.38. The monoisotopic (exact) mass is 658 g/mol. The average Bonchev–Trinajstić information content (AvgIpc) is 3.10. The van der Waals surface area contributed by atoms with Gasteiger partial charge in [0, 0.05) is 12.2 Å². The molecule has 0 bridgehead atoms. The standard InChI is InChI=1S/C39H46O9/c1-4-37(40)45-26-12-8-6-10-24-43-33-18-14-31(15-19-33)29-47-36-23-22-35(28-30(36)3)48-39(42)32-16-20-34(21-17-32)44-25-11-7-9-13-27-46-38(41)5-2/h4-5,14-23,28H,1-2,6-13,24-27,29H2,3H3. The number of unbranched alkanes of at least 4 members (excludes halogenated alkanes) is 6. The first kappa shape index (κ1) is 37.4. The largest absolute Gasteiger partial charge is 0.494 e. The highest BCUT2D eigenvalue weighted by Gasteiger charge is 2.11. The number of carbonyl (C=O) groups is 3. The molecule has 0 amide bonds.